The van der Waals surface area contributed by atoms with Crippen LogP contribution in [-0.4, -0.2) is 12.5 Å². The first-order valence-corrected chi connectivity index (χ1v) is 10.8. The lowest BCUT2D eigenvalue weighted by atomic mass is 10.1. The molecule has 5 nitrogen and oxygen atoms in total. The summed E-state index contributed by atoms with van der Waals surface area (Å²) in [5, 5.41) is 3.97. The zero-order valence-electron chi connectivity index (χ0n) is 17.6. The Kier molecular flexibility index (Phi) is 6.57. The van der Waals surface area contributed by atoms with E-state index >= 15 is 0 Å². The fraction of sp³-hybridized carbons (Fsp3) is 0.154. The van der Waals surface area contributed by atoms with Gasteiger partial charge in [0.15, 0.2) is 0 Å². The number of para-hydroxylation sites is 1. The van der Waals surface area contributed by atoms with E-state index in [1.165, 1.54) is 0 Å². The van der Waals surface area contributed by atoms with Gasteiger partial charge in [0, 0.05) is 22.2 Å². The van der Waals surface area contributed by atoms with Gasteiger partial charge in [0.05, 0.1) is 17.2 Å². The third-order valence-electron chi connectivity index (χ3n) is 5.02. The first kappa shape index (κ1) is 21.7. The van der Waals surface area contributed by atoms with Crippen LogP contribution in [0.1, 0.15) is 30.1 Å². The van der Waals surface area contributed by atoms with E-state index in [4.69, 9.17) is 20.8 Å². The molecular weight excluding hydrogens is 426 g/mol. The molecule has 0 aliphatic rings. The lowest BCUT2D eigenvalue weighted by Gasteiger charge is -2.10. The Balaban J connectivity index is 1.54. The highest BCUT2D eigenvalue weighted by molar-refractivity contribution is 6.33. The number of unbranched alkanes of at least 4 members (excludes halogenated alkanes) is 1. The molecule has 3 aromatic carbocycles. The molecule has 1 amide bonds. The third kappa shape index (κ3) is 4.84. The quantitative estimate of drug-likeness (QED) is 0.258. The van der Waals surface area contributed by atoms with Gasteiger partial charge in [-0.15, -0.1) is 0 Å². The summed E-state index contributed by atoms with van der Waals surface area (Å²) in [6.45, 7) is 2.71. The predicted octanol–water partition coefficient (Wildman–Crippen LogP) is 6.54. The molecule has 0 aliphatic carbocycles. The van der Waals surface area contributed by atoms with Gasteiger partial charge < -0.3 is 14.5 Å². The minimum absolute atomic E-state index is 0.278. The normalized spacial score (nSPS) is 10.8. The van der Waals surface area contributed by atoms with Crippen molar-refractivity contribution in [3.05, 3.63) is 93.8 Å². The Morgan fingerprint density at radius 2 is 1.84 bits per heavy atom. The average Bonchev–Trinajstić information content (AvgIpc) is 2.79. The summed E-state index contributed by atoms with van der Waals surface area (Å²) in [6, 6.07) is 21.1. The number of benzene rings is 3. The number of rotatable bonds is 7. The molecule has 162 valence electrons. The molecule has 0 atom stereocenters. The molecule has 1 N–H and O–H groups in total. The first-order valence-electron chi connectivity index (χ1n) is 10.4. The Hall–Kier alpha value is -3.57. The van der Waals surface area contributed by atoms with E-state index in [1.54, 1.807) is 48.5 Å². The molecule has 4 aromatic rings. The molecular formula is C26H22ClNO4. The Morgan fingerprint density at radius 3 is 2.66 bits per heavy atom. The predicted molar refractivity (Wildman–Crippen MR) is 128 cm³/mol. The molecule has 0 saturated carbocycles. The van der Waals surface area contributed by atoms with E-state index in [2.05, 4.69) is 12.2 Å². The molecule has 1 heterocycles. The second-order valence-corrected chi connectivity index (χ2v) is 7.77. The van der Waals surface area contributed by atoms with Gasteiger partial charge in [0.25, 0.3) is 5.91 Å². The SMILES string of the molecule is CCCCOc1cccc(C(=O)Nc2ccc(-c3cc4ccccc4oc3=O)c(Cl)c2)c1. The number of fused-ring (bicyclic) bond motifs is 1. The minimum Gasteiger partial charge on any atom is -0.494 e. The summed E-state index contributed by atoms with van der Waals surface area (Å²) in [7, 11) is 0. The van der Waals surface area contributed by atoms with Crippen molar-refractivity contribution in [1.82, 2.24) is 0 Å². The monoisotopic (exact) mass is 447 g/mol. The Labute approximate surface area is 190 Å². The van der Waals surface area contributed by atoms with Gasteiger partial charge in [-0.3, -0.25) is 4.79 Å². The lowest BCUT2D eigenvalue weighted by Crippen LogP contribution is -2.12. The van der Waals surface area contributed by atoms with E-state index < -0.39 is 5.63 Å². The number of carbonyl (C=O) groups is 1. The maximum atomic E-state index is 12.7. The van der Waals surface area contributed by atoms with E-state index in [9.17, 15) is 9.59 Å². The zero-order valence-corrected chi connectivity index (χ0v) is 18.3. The van der Waals surface area contributed by atoms with Gasteiger partial charge in [0.1, 0.15) is 11.3 Å². The van der Waals surface area contributed by atoms with Gasteiger partial charge >= 0.3 is 5.63 Å². The van der Waals surface area contributed by atoms with E-state index in [0.717, 1.165) is 18.2 Å². The van der Waals surface area contributed by atoms with E-state index in [1.807, 2.05) is 24.3 Å². The van der Waals surface area contributed by atoms with Gasteiger partial charge in [-0.25, -0.2) is 4.79 Å². The second-order valence-electron chi connectivity index (χ2n) is 7.36. The van der Waals surface area contributed by atoms with Crippen LogP contribution in [0.3, 0.4) is 0 Å². The average molecular weight is 448 g/mol. The number of nitrogens with one attached hydrogen (secondary N) is 1. The lowest BCUT2D eigenvalue weighted by molar-refractivity contribution is 0.102. The van der Waals surface area contributed by atoms with Crippen molar-refractivity contribution in [3.63, 3.8) is 0 Å². The van der Waals surface area contributed by atoms with Crippen LogP contribution in [0.4, 0.5) is 5.69 Å². The van der Waals surface area contributed by atoms with Crippen LogP contribution in [0.2, 0.25) is 5.02 Å². The van der Waals surface area contributed by atoms with Crippen LogP contribution in [0.15, 0.2) is 82.0 Å². The standard InChI is InChI=1S/C26H22ClNO4/c1-2-3-13-31-20-9-6-8-18(14-20)25(29)28-19-11-12-21(23(27)16-19)22-15-17-7-4-5-10-24(17)32-26(22)30/h4-12,14-16H,2-3,13H2,1H3,(H,28,29). The molecule has 1 aromatic heterocycles. The number of carbonyl (C=O) groups excluding carboxylic acids is 1. The molecule has 0 saturated heterocycles. The summed E-state index contributed by atoms with van der Waals surface area (Å²) in [4.78, 5) is 25.1. The Morgan fingerprint density at radius 1 is 1.00 bits per heavy atom. The number of anilines is 1. The van der Waals surface area contributed by atoms with E-state index in [0.29, 0.717) is 45.3 Å². The highest BCUT2D eigenvalue weighted by Crippen LogP contribution is 2.30. The number of hydrogen-bond donors (Lipinski definition) is 1. The molecule has 0 spiro atoms. The van der Waals surface area contributed by atoms with Crippen LogP contribution in [0, 0.1) is 0 Å². The largest absolute Gasteiger partial charge is 0.494 e. The molecule has 32 heavy (non-hydrogen) atoms. The van der Waals surface area contributed by atoms with Gasteiger partial charge in [-0.05, 0) is 48.9 Å². The summed E-state index contributed by atoms with van der Waals surface area (Å²) < 4.78 is 11.1. The van der Waals surface area contributed by atoms with Crippen molar-refractivity contribution < 1.29 is 13.9 Å². The Bertz CT molecular complexity index is 1330. The molecule has 0 bridgehead atoms. The van der Waals surface area contributed by atoms with Crippen LogP contribution >= 0.6 is 11.6 Å². The van der Waals surface area contributed by atoms with Crippen molar-refractivity contribution in [2.45, 2.75) is 19.8 Å². The minimum atomic E-state index is -0.470. The first-order chi connectivity index (χ1) is 15.5. The highest BCUT2D eigenvalue weighted by atomic mass is 35.5. The van der Waals surface area contributed by atoms with E-state index in [-0.39, 0.29) is 5.91 Å². The summed E-state index contributed by atoms with van der Waals surface area (Å²) in [6.07, 6.45) is 1.99. The van der Waals surface area contributed by atoms with Crippen molar-refractivity contribution >= 4 is 34.2 Å². The third-order valence-corrected chi connectivity index (χ3v) is 5.33. The number of ether oxygens (including phenoxy) is 1. The van der Waals surface area contributed by atoms with Gasteiger partial charge in [-0.2, -0.15) is 0 Å². The van der Waals surface area contributed by atoms with Crippen LogP contribution in [0.5, 0.6) is 5.75 Å². The molecule has 0 radical (unpaired) electrons. The molecule has 0 fully saturated rings. The van der Waals surface area contributed by atoms with Crippen molar-refractivity contribution in [1.29, 1.82) is 0 Å². The second kappa shape index (κ2) is 9.71. The van der Waals surface area contributed by atoms with Crippen molar-refractivity contribution in [3.8, 4) is 16.9 Å². The summed E-state index contributed by atoms with van der Waals surface area (Å²) in [5.41, 5.74) is 1.95. The molecule has 0 aliphatic heterocycles. The van der Waals surface area contributed by atoms with Crippen LogP contribution < -0.4 is 15.7 Å². The van der Waals surface area contributed by atoms with Crippen molar-refractivity contribution in [2.24, 2.45) is 0 Å². The van der Waals surface area contributed by atoms with Gasteiger partial charge in [-0.1, -0.05) is 55.3 Å². The maximum Gasteiger partial charge on any atom is 0.344 e. The number of hydrogen-bond acceptors (Lipinski definition) is 4. The number of amides is 1. The smallest absolute Gasteiger partial charge is 0.344 e. The number of halogens is 1. The summed E-state index contributed by atoms with van der Waals surface area (Å²) in [5.74, 6) is 0.377. The highest BCUT2D eigenvalue weighted by Gasteiger charge is 2.13. The molecule has 0 unspecified atom stereocenters. The van der Waals surface area contributed by atoms with Crippen LogP contribution in [0.25, 0.3) is 22.1 Å². The maximum absolute atomic E-state index is 12.7. The summed E-state index contributed by atoms with van der Waals surface area (Å²) >= 11 is 6.46. The fourth-order valence-corrected chi connectivity index (χ4v) is 3.61. The van der Waals surface area contributed by atoms with Crippen LogP contribution in [-0.2, 0) is 0 Å². The topological polar surface area (TPSA) is 68.5 Å². The fourth-order valence-electron chi connectivity index (χ4n) is 3.33. The molecule has 4 rings (SSSR count). The van der Waals surface area contributed by atoms with Gasteiger partial charge in [0.2, 0.25) is 0 Å². The molecule has 6 heteroatoms. The van der Waals surface area contributed by atoms with Crippen molar-refractivity contribution in [2.75, 3.05) is 11.9 Å². The zero-order chi connectivity index (χ0) is 22.5.